The Labute approximate surface area is 222 Å². The van der Waals surface area contributed by atoms with Gasteiger partial charge in [-0.15, -0.1) is 0 Å². The van der Waals surface area contributed by atoms with Crippen molar-refractivity contribution in [1.29, 1.82) is 0 Å². The SMILES string of the molecule is Cc1ccc(-n2cc(-c3ccc(Cl)cc3)nc2NC(=O)CN(CCN(C)C)C(=O)c2ccccc2)cc1. The zero-order valence-corrected chi connectivity index (χ0v) is 21.9. The first kappa shape index (κ1) is 26.1. The summed E-state index contributed by atoms with van der Waals surface area (Å²) in [5, 5.41) is 3.56. The number of rotatable bonds is 9. The van der Waals surface area contributed by atoms with Crippen LogP contribution in [-0.2, 0) is 4.79 Å². The van der Waals surface area contributed by atoms with Crippen molar-refractivity contribution in [2.24, 2.45) is 0 Å². The van der Waals surface area contributed by atoms with Gasteiger partial charge in [-0.1, -0.05) is 59.6 Å². The molecule has 3 aromatic carbocycles. The third-order valence-corrected chi connectivity index (χ3v) is 6.12. The van der Waals surface area contributed by atoms with Gasteiger partial charge in [-0.05, 0) is 57.4 Å². The molecule has 0 aliphatic rings. The third-order valence-electron chi connectivity index (χ3n) is 5.87. The van der Waals surface area contributed by atoms with Gasteiger partial charge in [-0.2, -0.15) is 0 Å². The largest absolute Gasteiger partial charge is 0.328 e. The molecule has 0 spiro atoms. The highest BCUT2D eigenvalue weighted by molar-refractivity contribution is 6.30. The number of anilines is 1. The van der Waals surface area contributed by atoms with E-state index in [1.807, 2.05) is 91.3 Å². The lowest BCUT2D eigenvalue weighted by Gasteiger charge is -2.24. The number of aryl methyl sites for hydroxylation is 1. The van der Waals surface area contributed by atoms with E-state index in [1.54, 1.807) is 29.2 Å². The molecule has 1 heterocycles. The summed E-state index contributed by atoms with van der Waals surface area (Å²) >= 11 is 6.06. The lowest BCUT2D eigenvalue weighted by molar-refractivity contribution is -0.117. The second-order valence-electron chi connectivity index (χ2n) is 9.11. The molecule has 0 aliphatic heterocycles. The maximum atomic E-state index is 13.2. The molecule has 4 aromatic rings. The predicted octanol–water partition coefficient (Wildman–Crippen LogP) is 5.14. The Morgan fingerprint density at radius 3 is 2.24 bits per heavy atom. The summed E-state index contributed by atoms with van der Waals surface area (Å²) in [6, 6.07) is 24.3. The van der Waals surface area contributed by atoms with Crippen molar-refractivity contribution in [3.05, 3.63) is 101 Å². The average molecular weight is 516 g/mol. The van der Waals surface area contributed by atoms with Crippen LogP contribution in [-0.4, -0.2) is 64.9 Å². The number of imidazole rings is 1. The predicted molar refractivity (Wildman–Crippen MR) is 148 cm³/mol. The highest BCUT2D eigenvalue weighted by atomic mass is 35.5. The molecule has 37 heavy (non-hydrogen) atoms. The first-order valence-electron chi connectivity index (χ1n) is 12.0. The molecule has 0 radical (unpaired) electrons. The minimum Gasteiger partial charge on any atom is -0.328 e. The van der Waals surface area contributed by atoms with Crippen LogP contribution in [0.1, 0.15) is 15.9 Å². The van der Waals surface area contributed by atoms with Gasteiger partial charge in [0.25, 0.3) is 5.91 Å². The number of benzene rings is 3. The van der Waals surface area contributed by atoms with E-state index < -0.39 is 0 Å². The molecule has 1 aromatic heterocycles. The minimum atomic E-state index is -0.329. The Morgan fingerprint density at radius 1 is 0.919 bits per heavy atom. The smallest absolute Gasteiger partial charge is 0.254 e. The molecule has 0 aliphatic carbocycles. The molecular formula is C29H30ClN5O2. The van der Waals surface area contributed by atoms with Crippen molar-refractivity contribution >= 4 is 29.4 Å². The van der Waals surface area contributed by atoms with Crippen LogP contribution < -0.4 is 5.32 Å². The summed E-state index contributed by atoms with van der Waals surface area (Å²) in [5.41, 5.74) is 4.09. The van der Waals surface area contributed by atoms with E-state index in [-0.39, 0.29) is 18.4 Å². The van der Waals surface area contributed by atoms with Crippen molar-refractivity contribution in [2.75, 3.05) is 39.0 Å². The maximum Gasteiger partial charge on any atom is 0.254 e. The van der Waals surface area contributed by atoms with Gasteiger partial charge in [-0.3, -0.25) is 19.5 Å². The number of carbonyl (C=O) groups is 2. The van der Waals surface area contributed by atoms with E-state index in [0.29, 0.717) is 35.3 Å². The summed E-state index contributed by atoms with van der Waals surface area (Å²) in [7, 11) is 3.86. The van der Waals surface area contributed by atoms with Crippen molar-refractivity contribution in [3.63, 3.8) is 0 Å². The molecule has 0 saturated heterocycles. The Kier molecular flexibility index (Phi) is 8.38. The highest BCUT2D eigenvalue weighted by Crippen LogP contribution is 2.26. The lowest BCUT2D eigenvalue weighted by atomic mass is 10.2. The van der Waals surface area contributed by atoms with Crippen molar-refractivity contribution in [3.8, 4) is 16.9 Å². The first-order valence-corrected chi connectivity index (χ1v) is 12.4. The zero-order valence-electron chi connectivity index (χ0n) is 21.2. The normalized spacial score (nSPS) is 10.9. The minimum absolute atomic E-state index is 0.0986. The molecule has 0 saturated carbocycles. The van der Waals surface area contributed by atoms with Crippen LogP contribution in [0.3, 0.4) is 0 Å². The van der Waals surface area contributed by atoms with Crippen LogP contribution in [0.25, 0.3) is 16.9 Å². The number of halogens is 1. The van der Waals surface area contributed by atoms with Crippen LogP contribution in [0.15, 0.2) is 85.1 Å². The second kappa shape index (κ2) is 11.9. The molecule has 7 nitrogen and oxygen atoms in total. The molecule has 0 bridgehead atoms. The Bertz CT molecular complexity index is 1350. The van der Waals surface area contributed by atoms with E-state index in [0.717, 1.165) is 16.8 Å². The van der Waals surface area contributed by atoms with Gasteiger partial charge >= 0.3 is 0 Å². The van der Waals surface area contributed by atoms with Crippen molar-refractivity contribution < 1.29 is 9.59 Å². The monoisotopic (exact) mass is 515 g/mol. The average Bonchev–Trinajstić information content (AvgIpc) is 3.30. The maximum absolute atomic E-state index is 13.2. The number of nitrogens with one attached hydrogen (secondary N) is 1. The number of nitrogens with zero attached hydrogens (tertiary/aromatic N) is 4. The van der Waals surface area contributed by atoms with Gasteiger partial charge in [0.1, 0.15) is 6.54 Å². The molecule has 2 amide bonds. The molecule has 0 fully saturated rings. The Morgan fingerprint density at radius 2 is 1.59 bits per heavy atom. The van der Waals surface area contributed by atoms with E-state index in [2.05, 4.69) is 5.32 Å². The van der Waals surface area contributed by atoms with Crippen molar-refractivity contribution in [1.82, 2.24) is 19.4 Å². The molecule has 1 N–H and O–H groups in total. The lowest BCUT2D eigenvalue weighted by Crippen LogP contribution is -2.41. The number of hydrogen-bond acceptors (Lipinski definition) is 4. The molecule has 0 atom stereocenters. The quantitative estimate of drug-likeness (QED) is 0.335. The zero-order chi connectivity index (χ0) is 26.4. The van der Waals surface area contributed by atoms with Crippen LogP contribution in [0, 0.1) is 6.92 Å². The van der Waals surface area contributed by atoms with Gasteiger partial charge in [0.15, 0.2) is 0 Å². The van der Waals surface area contributed by atoms with Crippen LogP contribution in [0.4, 0.5) is 5.95 Å². The number of likely N-dealkylation sites (N-methyl/N-ethyl adjacent to an activating group) is 1. The van der Waals surface area contributed by atoms with Gasteiger partial charge in [0.2, 0.25) is 11.9 Å². The number of hydrogen-bond donors (Lipinski definition) is 1. The highest BCUT2D eigenvalue weighted by Gasteiger charge is 2.21. The second-order valence-corrected chi connectivity index (χ2v) is 9.54. The summed E-state index contributed by atoms with van der Waals surface area (Å²) < 4.78 is 1.84. The molecule has 8 heteroatoms. The fourth-order valence-electron chi connectivity index (χ4n) is 3.80. The van der Waals surface area contributed by atoms with E-state index >= 15 is 0 Å². The van der Waals surface area contributed by atoms with Crippen LogP contribution in [0.2, 0.25) is 5.02 Å². The number of carbonyl (C=O) groups excluding carboxylic acids is 2. The Hall–Kier alpha value is -3.94. The van der Waals surface area contributed by atoms with Crippen molar-refractivity contribution in [2.45, 2.75) is 6.92 Å². The molecule has 190 valence electrons. The fraction of sp³-hybridized carbons (Fsp3) is 0.207. The van der Waals surface area contributed by atoms with Gasteiger partial charge in [-0.25, -0.2) is 4.98 Å². The van der Waals surface area contributed by atoms with E-state index in [9.17, 15) is 9.59 Å². The molecular weight excluding hydrogens is 486 g/mol. The topological polar surface area (TPSA) is 70.5 Å². The van der Waals surface area contributed by atoms with Crippen LogP contribution in [0.5, 0.6) is 0 Å². The number of aromatic nitrogens is 2. The van der Waals surface area contributed by atoms with E-state index in [1.165, 1.54) is 0 Å². The molecule has 0 unspecified atom stereocenters. The summed E-state index contributed by atoms with van der Waals surface area (Å²) in [6.45, 7) is 2.96. The number of amides is 2. The summed E-state index contributed by atoms with van der Waals surface area (Å²) in [6.07, 6.45) is 1.88. The fourth-order valence-corrected chi connectivity index (χ4v) is 3.93. The third kappa shape index (κ3) is 6.84. The van der Waals surface area contributed by atoms with Gasteiger partial charge < -0.3 is 9.80 Å². The van der Waals surface area contributed by atoms with Crippen LogP contribution >= 0.6 is 11.6 Å². The standard InChI is InChI=1S/C29H30ClN5O2/c1-21-9-15-25(16-10-21)35-19-26(22-11-13-24(30)14-12-22)31-29(35)32-27(36)20-34(18-17-33(2)3)28(37)23-7-5-4-6-8-23/h4-16,19H,17-18,20H2,1-3H3,(H,31,32,36). The Balaban J connectivity index is 1.60. The first-order chi connectivity index (χ1) is 17.8. The van der Waals surface area contributed by atoms with Gasteiger partial charge in [0.05, 0.1) is 5.69 Å². The van der Waals surface area contributed by atoms with Gasteiger partial charge in [0, 0.05) is 41.1 Å². The van der Waals surface area contributed by atoms with E-state index in [4.69, 9.17) is 16.6 Å². The summed E-state index contributed by atoms with van der Waals surface area (Å²) in [5.74, 6) is -0.149. The molecule has 4 rings (SSSR count). The summed E-state index contributed by atoms with van der Waals surface area (Å²) in [4.78, 5) is 34.7.